The molecule has 4 heterocycles. The van der Waals surface area contributed by atoms with Crippen molar-refractivity contribution in [2.75, 3.05) is 14.2 Å². The predicted octanol–water partition coefficient (Wildman–Crippen LogP) is 6.89. The van der Waals surface area contributed by atoms with Crippen LogP contribution in [0.3, 0.4) is 0 Å². The highest BCUT2D eigenvalue weighted by atomic mass is 32.2. The topological polar surface area (TPSA) is 136 Å². The lowest BCUT2D eigenvalue weighted by Crippen LogP contribution is -2.06. The third-order valence-electron chi connectivity index (χ3n) is 7.07. The van der Waals surface area contributed by atoms with Gasteiger partial charge in [-0.05, 0) is 43.3 Å². The number of benzene rings is 2. The fourth-order valence-corrected chi connectivity index (χ4v) is 6.75. The van der Waals surface area contributed by atoms with Gasteiger partial charge in [-0.1, -0.05) is 12.1 Å². The number of nitrogens with zero attached hydrogens (tertiary/aromatic N) is 4. The minimum atomic E-state index is -4.53. The van der Waals surface area contributed by atoms with Crippen LogP contribution < -0.4 is 9.47 Å². The van der Waals surface area contributed by atoms with Gasteiger partial charge in [-0.15, -0.1) is 0 Å². The van der Waals surface area contributed by atoms with Gasteiger partial charge in [-0.3, -0.25) is 18.4 Å². The quantitative estimate of drug-likeness (QED) is 0.162. The molecule has 258 valence electrons. The van der Waals surface area contributed by atoms with E-state index in [0.29, 0.717) is 22.9 Å². The van der Waals surface area contributed by atoms with Crippen molar-refractivity contribution >= 4 is 43.7 Å². The number of H-pyrrole nitrogens is 2. The molecule has 2 aromatic carbocycles. The third-order valence-corrected chi connectivity index (χ3v) is 9.42. The van der Waals surface area contributed by atoms with E-state index in [4.69, 9.17) is 9.47 Å². The van der Waals surface area contributed by atoms with Crippen molar-refractivity contribution in [2.45, 2.75) is 41.1 Å². The minimum Gasteiger partial charge on any atom is -0.497 e. The van der Waals surface area contributed by atoms with Crippen LogP contribution in [-0.2, 0) is 45.5 Å². The number of aromatic amines is 2. The van der Waals surface area contributed by atoms with Gasteiger partial charge >= 0.3 is 12.4 Å². The summed E-state index contributed by atoms with van der Waals surface area (Å²) in [6.07, 6.45) is -6.02. The molecule has 0 radical (unpaired) electrons. The molecular formula is C31H26F6N6O4S2. The summed E-state index contributed by atoms with van der Waals surface area (Å²) in [5.74, 6) is 1.19. The van der Waals surface area contributed by atoms with Gasteiger partial charge < -0.3 is 19.4 Å². The molecule has 4 aromatic heterocycles. The van der Waals surface area contributed by atoms with Crippen LogP contribution in [0.4, 0.5) is 26.3 Å². The Balaban J connectivity index is 0.000000191. The number of alkyl halides is 6. The largest absolute Gasteiger partial charge is 0.497 e. The number of pyridine rings is 2. The number of aromatic nitrogens is 6. The summed E-state index contributed by atoms with van der Waals surface area (Å²) in [5, 5.41) is -0.0398. The predicted molar refractivity (Wildman–Crippen MR) is 169 cm³/mol. The van der Waals surface area contributed by atoms with Crippen LogP contribution in [0.5, 0.6) is 11.5 Å². The Hall–Kier alpha value is -4.84. The Morgan fingerprint density at radius 3 is 1.76 bits per heavy atom. The molecule has 18 heteroatoms. The maximum atomic E-state index is 13.1. The number of imidazole rings is 2. The van der Waals surface area contributed by atoms with Crippen molar-refractivity contribution in [3.05, 3.63) is 95.1 Å². The summed E-state index contributed by atoms with van der Waals surface area (Å²) in [4.78, 5) is 21.4. The van der Waals surface area contributed by atoms with Crippen molar-refractivity contribution in [3.8, 4) is 11.5 Å². The van der Waals surface area contributed by atoms with Gasteiger partial charge in [0.15, 0.2) is 10.3 Å². The first-order valence-electron chi connectivity index (χ1n) is 14.1. The van der Waals surface area contributed by atoms with Crippen molar-refractivity contribution in [1.29, 1.82) is 0 Å². The molecule has 0 fully saturated rings. The van der Waals surface area contributed by atoms with Crippen LogP contribution in [0, 0.1) is 6.92 Å². The number of rotatable bonds is 8. The van der Waals surface area contributed by atoms with Crippen LogP contribution in [-0.4, -0.2) is 52.5 Å². The maximum absolute atomic E-state index is 13.1. The van der Waals surface area contributed by atoms with Crippen molar-refractivity contribution in [2.24, 2.45) is 0 Å². The molecule has 0 aliphatic heterocycles. The zero-order valence-corrected chi connectivity index (χ0v) is 27.4. The number of methoxy groups -OCH3 is 2. The van der Waals surface area contributed by atoms with E-state index in [9.17, 15) is 34.8 Å². The molecule has 6 aromatic rings. The fourth-order valence-electron chi connectivity index (χ4n) is 4.68. The lowest BCUT2D eigenvalue weighted by atomic mass is 10.2. The van der Waals surface area contributed by atoms with E-state index in [1.165, 1.54) is 50.9 Å². The lowest BCUT2D eigenvalue weighted by molar-refractivity contribution is -0.137. The van der Waals surface area contributed by atoms with E-state index in [2.05, 4.69) is 29.9 Å². The monoisotopic (exact) mass is 724 g/mol. The SMILES string of the molecule is COc1ccnc(CS(=O)c2nc3c(C(F)(F)F)cccc3[nH]2)c1.COc1ccnc(CS(=O)c2nc3c(C(F)(F)F)cccc3[nH]2)c1C. The molecule has 10 nitrogen and oxygen atoms in total. The Labute approximate surface area is 279 Å². The molecular weight excluding hydrogens is 699 g/mol. The maximum Gasteiger partial charge on any atom is 0.418 e. The number of hydrogen-bond acceptors (Lipinski definition) is 8. The molecule has 0 bridgehead atoms. The molecule has 0 amide bonds. The van der Waals surface area contributed by atoms with Crippen LogP contribution >= 0.6 is 0 Å². The van der Waals surface area contributed by atoms with E-state index < -0.39 is 45.1 Å². The van der Waals surface area contributed by atoms with Gasteiger partial charge in [0.05, 0.1) is 80.9 Å². The highest BCUT2D eigenvalue weighted by molar-refractivity contribution is 7.84. The number of hydrogen-bond donors (Lipinski definition) is 2. The average Bonchev–Trinajstić information content (AvgIpc) is 3.70. The van der Waals surface area contributed by atoms with E-state index in [1.807, 2.05) is 0 Å². The summed E-state index contributed by atoms with van der Waals surface area (Å²) >= 11 is 0. The summed E-state index contributed by atoms with van der Waals surface area (Å²) < 4.78 is 113. The first-order valence-corrected chi connectivity index (χ1v) is 16.7. The fraction of sp³-hybridized carbons (Fsp3) is 0.226. The zero-order valence-electron chi connectivity index (χ0n) is 25.8. The number of para-hydroxylation sites is 2. The average molecular weight is 725 g/mol. The van der Waals surface area contributed by atoms with Crippen LogP contribution in [0.2, 0.25) is 0 Å². The standard InChI is InChI=1S/C16H14F3N3O2S.C15H12F3N3O2S/c1-9-12(20-7-6-13(9)24-2)8-25(23)15-21-11-5-3-4-10(14(11)22-15)16(17,18)19;1-23-10-5-6-19-9(7-10)8-24(22)14-20-12-4-2-3-11(13(12)21-14)15(16,17)18/h3-7H,8H2,1-2H3,(H,21,22);2-7H,8H2,1H3,(H,20,21). The van der Waals surface area contributed by atoms with Crippen molar-refractivity contribution in [3.63, 3.8) is 0 Å². The minimum absolute atomic E-state index is 0.0123. The van der Waals surface area contributed by atoms with Gasteiger partial charge in [0, 0.05) is 24.0 Å². The second kappa shape index (κ2) is 14.3. The Morgan fingerprint density at radius 2 is 1.24 bits per heavy atom. The van der Waals surface area contributed by atoms with Crippen molar-refractivity contribution < 1.29 is 44.2 Å². The zero-order chi connectivity index (χ0) is 35.5. The van der Waals surface area contributed by atoms with Crippen LogP contribution in [0.1, 0.15) is 28.1 Å². The Bertz CT molecular complexity index is 2170. The van der Waals surface area contributed by atoms with Crippen LogP contribution in [0.25, 0.3) is 22.1 Å². The molecule has 0 aliphatic carbocycles. The smallest absolute Gasteiger partial charge is 0.418 e. The second-order valence-electron chi connectivity index (χ2n) is 10.2. The molecule has 2 atom stereocenters. The third kappa shape index (κ3) is 8.07. The molecule has 2 N–H and O–H groups in total. The molecule has 49 heavy (non-hydrogen) atoms. The molecule has 0 aliphatic rings. The van der Waals surface area contributed by atoms with Gasteiger partial charge in [0.25, 0.3) is 0 Å². The highest BCUT2D eigenvalue weighted by Gasteiger charge is 2.35. The first kappa shape index (κ1) is 35.5. The first-order chi connectivity index (χ1) is 23.2. The van der Waals surface area contributed by atoms with Gasteiger partial charge in [-0.2, -0.15) is 26.3 Å². The van der Waals surface area contributed by atoms with E-state index in [0.717, 1.165) is 17.7 Å². The molecule has 6 rings (SSSR count). The highest BCUT2D eigenvalue weighted by Crippen LogP contribution is 2.35. The van der Waals surface area contributed by atoms with Crippen molar-refractivity contribution in [1.82, 2.24) is 29.9 Å². The number of fused-ring (bicyclic) bond motifs is 2. The number of nitrogens with one attached hydrogen (secondary N) is 2. The van der Waals surface area contributed by atoms with Gasteiger partial charge in [0.1, 0.15) is 22.5 Å². The second-order valence-corrected chi connectivity index (χ2v) is 13.0. The summed E-state index contributed by atoms with van der Waals surface area (Å²) in [6, 6.07) is 12.3. The van der Waals surface area contributed by atoms with Gasteiger partial charge in [0.2, 0.25) is 0 Å². The lowest BCUT2D eigenvalue weighted by Gasteiger charge is -2.08. The van der Waals surface area contributed by atoms with Gasteiger partial charge in [-0.25, -0.2) is 9.97 Å². The molecule has 2 unspecified atom stereocenters. The number of ether oxygens (including phenoxy) is 2. The summed E-state index contributed by atoms with van der Waals surface area (Å²) in [6.45, 7) is 1.78. The molecule has 0 saturated carbocycles. The Morgan fingerprint density at radius 1 is 0.714 bits per heavy atom. The summed E-state index contributed by atoms with van der Waals surface area (Å²) in [5.41, 5.74) is -0.0797. The number of halogens is 6. The summed E-state index contributed by atoms with van der Waals surface area (Å²) in [7, 11) is -0.330. The molecule has 0 spiro atoms. The Kier molecular flexibility index (Phi) is 10.4. The van der Waals surface area contributed by atoms with E-state index >= 15 is 0 Å². The molecule has 0 saturated heterocycles. The van der Waals surface area contributed by atoms with E-state index in [1.54, 1.807) is 25.1 Å². The normalized spacial score (nSPS) is 13.2. The van der Waals surface area contributed by atoms with E-state index in [-0.39, 0.29) is 43.9 Å². The van der Waals surface area contributed by atoms with Crippen LogP contribution in [0.15, 0.2) is 77.3 Å².